The summed E-state index contributed by atoms with van der Waals surface area (Å²) in [6.07, 6.45) is 18.4. The van der Waals surface area contributed by atoms with Gasteiger partial charge >= 0.3 is 11.9 Å². The maximum Gasteiger partial charge on any atom is 0.340 e. The fourth-order valence-corrected chi connectivity index (χ4v) is 15.9. The molecule has 5 heterocycles. The first-order valence-electron chi connectivity index (χ1n) is 27.9. The summed E-state index contributed by atoms with van der Waals surface area (Å²) in [4.78, 5) is 30.2. The first-order valence-corrected chi connectivity index (χ1v) is 27.9. The summed E-state index contributed by atoms with van der Waals surface area (Å²) in [5.41, 5.74) is 12.2. The molecule has 9 atom stereocenters. The Balaban J connectivity index is 1.02. The lowest BCUT2D eigenvalue weighted by atomic mass is 9.44. The van der Waals surface area contributed by atoms with Crippen molar-refractivity contribution in [2.45, 2.75) is 116 Å². The third-order valence-corrected chi connectivity index (χ3v) is 19.1. The molecule has 14 bridgehead atoms. The predicted octanol–water partition coefficient (Wildman–Crippen LogP) is 11.0. The van der Waals surface area contributed by atoms with E-state index < -0.39 is 5.41 Å². The van der Waals surface area contributed by atoms with Crippen molar-refractivity contribution in [2.75, 3.05) is 27.2 Å². The Bertz CT molecular complexity index is 2930. The van der Waals surface area contributed by atoms with Gasteiger partial charge in [0.2, 0.25) is 0 Å². The van der Waals surface area contributed by atoms with E-state index in [2.05, 4.69) is 120 Å². The van der Waals surface area contributed by atoms with E-state index in [0.29, 0.717) is 36.1 Å². The van der Waals surface area contributed by atoms with Crippen molar-refractivity contribution in [1.29, 1.82) is 0 Å². The van der Waals surface area contributed by atoms with E-state index in [1.807, 2.05) is 19.2 Å². The maximum absolute atomic E-state index is 15.2. The van der Waals surface area contributed by atoms with Crippen LogP contribution in [0.2, 0.25) is 0 Å². The fourth-order valence-electron chi connectivity index (χ4n) is 15.9. The summed E-state index contributed by atoms with van der Waals surface area (Å²) in [6.45, 7) is 5.62. The van der Waals surface area contributed by atoms with Crippen LogP contribution in [0.1, 0.15) is 111 Å². The molecule has 5 aliphatic heterocycles. The Labute approximate surface area is 432 Å². The molecule has 4 aromatic rings. The minimum atomic E-state index is -0.854. The number of nitrogens with one attached hydrogen (secondary N) is 4. The normalized spacial score (nSPS) is 30.7. The minimum absolute atomic E-state index is 0.0138. The molecule has 0 amide bonds. The number of phenolic OH excluding ortho intramolecular Hbond substituents is 1. The number of hydrogen-bond donors (Lipinski definition) is 5. The van der Waals surface area contributed by atoms with Gasteiger partial charge in [-0.2, -0.15) is 0 Å². The number of fused-ring (bicyclic) bond motifs is 5. The smallest absolute Gasteiger partial charge is 0.340 e. The van der Waals surface area contributed by atoms with Gasteiger partial charge in [0.15, 0.2) is 0 Å². The molecule has 2 saturated carbocycles. The summed E-state index contributed by atoms with van der Waals surface area (Å²) >= 11 is 0. The highest BCUT2D eigenvalue weighted by Gasteiger charge is 2.68. The van der Waals surface area contributed by atoms with Crippen LogP contribution in [0.5, 0.6) is 5.75 Å². The van der Waals surface area contributed by atoms with Crippen LogP contribution in [-0.2, 0) is 51.4 Å². The molecule has 0 radical (unpaired) electrons. The van der Waals surface area contributed by atoms with Crippen molar-refractivity contribution >= 4 is 17.5 Å². The van der Waals surface area contributed by atoms with Crippen molar-refractivity contribution in [1.82, 2.24) is 21.3 Å². The molecule has 380 valence electrons. The van der Waals surface area contributed by atoms with E-state index in [0.717, 1.165) is 136 Å². The molecule has 9 heteroatoms. The number of allylic oxidation sites excluding steroid dienone is 5. The van der Waals surface area contributed by atoms with Crippen LogP contribution in [0, 0.1) is 46.3 Å². The zero-order chi connectivity index (χ0) is 49.8. The third-order valence-electron chi connectivity index (χ3n) is 19.1. The van der Waals surface area contributed by atoms with Crippen LogP contribution in [0.3, 0.4) is 0 Å². The number of aromatic hydroxyl groups is 1. The van der Waals surface area contributed by atoms with Crippen molar-refractivity contribution in [3.05, 3.63) is 165 Å². The molecule has 73 heavy (non-hydrogen) atoms. The summed E-state index contributed by atoms with van der Waals surface area (Å²) in [7, 11) is 4.11. The molecule has 14 rings (SSSR count). The Morgan fingerprint density at radius 2 is 1.70 bits per heavy atom. The van der Waals surface area contributed by atoms with E-state index in [1.54, 1.807) is 6.07 Å². The van der Waals surface area contributed by atoms with Gasteiger partial charge in [0, 0.05) is 30.2 Å². The van der Waals surface area contributed by atoms with Crippen LogP contribution in [-0.4, -0.2) is 50.4 Å². The molecule has 5 aliphatic carbocycles. The molecular formula is C64H74N4O5. The molecule has 5 N–H and O–H groups in total. The largest absolute Gasteiger partial charge is 0.508 e. The second kappa shape index (κ2) is 19.9. The van der Waals surface area contributed by atoms with Crippen molar-refractivity contribution < 1.29 is 24.2 Å². The first kappa shape index (κ1) is 48.4. The topological polar surface area (TPSA) is 121 Å². The van der Waals surface area contributed by atoms with Gasteiger partial charge in [0.25, 0.3) is 0 Å². The fraction of sp³-hybridized carbons (Fsp3) is 0.469. The van der Waals surface area contributed by atoms with Crippen LogP contribution < -0.4 is 21.3 Å². The third kappa shape index (κ3) is 8.76. The highest BCUT2D eigenvalue weighted by Crippen LogP contribution is 2.72. The highest BCUT2D eigenvalue weighted by molar-refractivity contribution is 6.07. The Morgan fingerprint density at radius 1 is 0.822 bits per heavy atom. The van der Waals surface area contributed by atoms with Gasteiger partial charge in [-0.1, -0.05) is 79.7 Å². The highest BCUT2D eigenvalue weighted by atomic mass is 16.5. The molecule has 10 aliphatic rings. The van der Waals surface area contributed by atoms with Crippen LogP contribution in [0.15, 0.2) is 131 Å². The molecular weight excluding hydrogens is 905 g/mol. The average molecular weight is 979 g/mol. The van der Waals surface area contributed by atoms with Gasteiger partial charge in [-0.15, -0.1) is 0 Å². The van der Waals surface area contributed by atoms with Gasteiger partial charge in [0.1, 0.15) is 17.3 Å². The number of benzene rings is 4. The van der Waals surface area contributed by atoms with Gasteiger partial charge in [-0.25, -0.2) is 9.59 Å². The molecule has 9 unspecified atom stereocenters. The maximum atomic E-state index is 15.2. The lowest BCUT2D eigenvalue weighted by Gasteiger charge is -2.56. The summed E-state index contributed by atoms with van der Waals surface area (Å²) < 4.78 is 13.4. The minimum Gasteiger partial charge on any atom is -0.508 e. The van der Waals surface area contributed by atoms with Gasteiger partial charge in [-0.3, -0.25) is 0 Å². The number of cyclic esters (lactones) is 1. The second-order valence-electron chi connectivity index (χ2n) is 23.2. The zero-order valence-corrected chi connectivity index (χ0v) is 43.2. The van der Waals surface area contributed by atoms with Crippen molar-refractivity contribution in [3.8, 4) is 16.9 Å². The van der Waals surface area contributed by atoms with Gasteiger partial charge in [-0.05, 0) is 233 Å². The predicted molar refractivity (Wildman–Crippen MR) is 287 cm³/mol. The zero-order valence-electron chi connectivity index (χ0n) is 43.2. The number of rotatable bonds is 8. The number of piperidine rings is 1. The van der Waals surface area contributed by atoms with Gasteiger partial charge in [0.05, 0.1) is 17.2 Å². The number of phenols is 1. The average Bonchev–Trinajstić information content (AvgIpc) is 4.09. The summed E-state index contributed by atoms with van der Waals surface area (Å²) in [5, 5.41) is 25.9. The lowest BCUT2D eigenvalue weighted by Crippen LogP contribution is -2.52. The molecule has 4 aromatic carbocycles. The number of esters is 2. The van der Waals surface area contributed by atoms with Crippen LogP contribution in [0.4, 0.5) is 0 Å². The molecule has 2 saturated heterocycles. The second-order valence-corrected chi connectivity index (χ2v) is 23.2. The number of carbonyl (C=O) groups excluding carboxylic acids is 2. The van der Waals surface area contributed by atoms with E-state index in [1.165, 1.54) is 34.2 Å². The molecule has 1 spiro atoms. The van der Waals surface area contributed by atoms with Gasteiger partial charge < -0.3 is 35.8 Å². The standard InChI is InChI=1S/C64H74N4O5/c1-4-39(27-40-9-6-5-7-10-40)33-55-64-24-18-50-51-15-16-52-54(72-61(70)58(52)59(51)64)19-23-63(47-21-26-68-56(34-47)66-3)22-17-42(36-63)30-44-28-41(29-45(31-44)37-65-2)20-25-67-38-43-11-8-12-46(32-43)49-14-13-48(69)35-53(49)57(50)60(64)62(71)73-55/h5-14,19,28-29,31-33,35,39,42,47,50-51,56,59,65-69H,4,15-18,20-27,30,34,36-38H2,1-3H3. The van der Waals surface area contributed by atoms with Crippen LogP contribution >= 0.6 is 0 Å². The summed E-state index contributed by atoms with van der Waals surface area (Å²) in [6, 6.07) is 32.3. The van der Waals surface area contributed by atoms with E-state index in [-0.39, 0.29) is 52.9 Å². The number of carbonyl (C=O) groups is 2. The quantitative estimate of drug-likeness (QED) is 0.110. The van der Waals surface area contributed by atoms with Crippen molar-refractivity contribution in [3.63, 3.8) is 0 Å². The first-order chi connectivity index (χ1) is 35.7. The monoisotopic (exact) mass is 979 g/mol. The number of ether oxygens (including phenoxy) is 2. The SMILES string of the molecule is CCC(C=C1OC(=O)C2=C3c4cc(O)ccc4-c4cccc(c4)CNCCc4cc(CNC)cc(c4)CC4CCC(C5CCNC(NC)C5)(CC=C5OC(=O)C6=C5CCC5C3CCC12C65)C4)Cc1ccccc1. The van der Waals surface area contributed by atoms with Crippen LogP contribution in [0.25, 0.3) is 16.7 Å². The van der Waals surface area contributed by atoms with E-state index in [4.69, 9.17) is 9.47 Å². The Hall–Kier alpha value is -5.58. The molecule has 9 nitrogen and oxygen atoms in total. The Kier molecular flexibility index (Phi) is 13.2. The molecule has 0 aromatic heterocycles. The van der Waals surface area contributed by atoms with Crippen molar-refractivity contribution in [2.24, 2.45) is 46.3 Å². The van der Waals surface area contributed by atoms with E-state index >= 15 is 9.59 Å². The Morgan fingerprint density at radius 3 is 2.55 bits per heavy atom. The van der Waals surface area contributed by atoms with E-state index in [9.17, 15) is 5.11 Å². The number of hydrogen-bond acceptors (Lipinski definition) is 9. The molecule has 4 fully saturated rings. The lowest BCUT2D eigenvalue weighted by molar-refractivity contribution is -0.135. The summed E-state index contributed by atoms with van der Waals surface area (Å²) in [5.74, 6) is 2.08.